The van der Waals surface area contributed by atoms with Crippen LogP contribution in [0.15, 0.2) is 36.5 Å². The minimum absolute atomic E-state index is 0.142. The van der Waals surface area contributed by atoms with Crippen molar-refractivity contribution in [2.75, 3.05) is 38.2 Å². The molecule has 0 saturated carbocycles. The molecule has 2 aromatic rings. The van der Waals surface area contributed by atoms with Crippen LogP contribution in [0.2, 0.25) is 0 Å². The molecule has 1 aromatic carbocycles. The number of benzene rings is 1. The van der Waals surface area contributed by atoms with Gasteiger partial charge in [0.05, 0.1) is 13.2 Å². The van der Waals surface area contributed by atoms with Crippen LogP contribution in [0.5, 0.6) is 5.75 Å². The molecule has 0 unspecified atom stereocenters. The molecular weight excluding hydrogens is 347 g/mol. The van der Waals surface area contributed by atoms with Crippen molar-refractivity contribution in [2.45, 2.75) is 19.9 Å². The average molecular weight is 372 g/mol. The van der Waals surface area contributed by atoms with E-state index in [1.807, 2.05) is 26.0 Å². The van der Waals surface area contributed by atoms with Crippen molar-refractivity contribution < 1.29 is 13.9 Å². The Hall–Kier alpha value is -2.83. The van der Waals surface area contributed by atoms with Gasteiger partial charge in [-0.1, -0.05) is 12.1 Å². The van der Waals surface area contributed by atoms with Gasteiger partial charge in [-0.15, -0.1) is 0 Å². The van der Waals surface area contributed by atoms with E-state index in [-0.39, 0.29) is 17.8 Å². The number of aromatic nitrogens is 1. The number of halogens is 1. The second-order valence-corrected chi connectivity index (χ2v) is 6.68. The molecule has 3 rings (SSSR count). The first-order chi connectivity index (χ1) is 13.0. The van der Waals surface area contributed by atoms with E-state index >= 15 is 0 Å². The fourth-order valence-corrected chi connectivity index (χ4v) is 3.24. The number of anilines is 1. The van der Waals surface area contributed by atoms with Crippen LogP contribution in [0.3, 0.4) is 0 Å². The van der Waals surface area contributed by atoms with E-state index in [2.05, 4.69) is 15.2 Å². The van der Waals surface area contributed by atoms with E-state index in [1.54, 1.807) is 23.2 Å². The number of hydrogen-bond acceptors (Lipinski definition) is 4. The van der Waals surface area contributed by atoms with Crippen LogP contribution in [0.25, 0.3) is 0 Å². The van der Waals surface area contributed by atoms with Gasteiger partial charge in [0.15, 0.2) is 11.6 Å². The lowest BCUT2D eigenvalue weighted by Gasteiger charge is -2.36. The zero-order chi connectivity index (χ0) is 19.4. The predicted molar refractivity (Wildman–Crippen MR) is 103 cm³/mol. The van der Waals surface area contributed by atoms with Gasteiger partial charge < -0.3 is 19.9 Å². The number of nitrogens with zero attached hydrogens (tertiary/aromatic N) is 3. The molecule has 0 radical (unpaired) electrons. The Balaban J connectivity index is 1.56. The number of methoxy groups -OCH3 is 1. The van der Waals surface area contributed by atoms with Crippen LogP contribution >= 0.6 is 0 Å². The molecule has 2 heterocycles. The van der Waals surface area contributed by atoms with Crippen LogP contribution in [0.4, 0.5) is 15.0 Å². The van der Waals surface area contributed by atoms with E-state index < -0.39 is 5.82 Å². The van der Waals surface area contributed by atoms with Gasteiger partial charge in [0, 0.05) is 32.4 Å². The Labute approximate surface area is 158 Å². The number of ether oxygens (including phenoxy) is 1. The molecule has 1 aliphatic heterocycles. The molecule has 0 bridgehead atoms. The molecule has 2 amide bonds. The number of urea groups is 1. The lowest BCUT2D eigenvalue weighted by Crippen LogP contribution is -2.52. The van der Waals surface area contributed by atoms with Crippen molar-refractivity contribution in [1.82, 2.24) is 15.2 Å². The van der Waals surface area contributed by atoms with Gasteiger partial charge in [-0.3, -0.25) is 0 Å². The molecule has 1 aromatic heterocycles. The Morgan fingerprint density at radius 2 is 2.00 bits per heavy atom. The van der Waals surface area contributed by atoms with Crippen LogP contribution in [-0.2, 0) is 0 Å². The molecule has 1 aliphatic rings. The lowest BCUT2D eigenvalue weighted by molar-refractivity contribution is 0.191. The number of piperazine rings is 1. The topological polar surface area (TPSA) is 57.7 Å². The maximum Gasteiger partial charge on any atom is 0.317 e. The summed E-state index contributed by atoms with van der Waals surface area (Å²) in [6.45, 7) is 6.58. The molecule has 1 saturated heterocycles. The largest absolute Gasteiger partial charge is 0.494 e. The third kappa shape index (κ3) is 4.30. The standard InChI is InChI=1S/C20H25FN4O2/c1-14-5-4-8-22-19(14)24-9-11-25(12-10-24)20(26)23-15(2)16-6-7-18(27-3)17(21)13-16/h4-8,13,15H,9-12H2,1-3H3,(H,23,26)/t15-/m1/s1. The minimum Gasteiger partial charge on any atom is -0.494 e. The summed E-state index contributed by atoms with van der Waals surface area (Å²) in [7, 11) is 1.43. The number of carbonyl (C=O) groups excluding carboxylic acids is 1. The fraction of sp³-hybridized carbons (Fsp3) is 0.400. The second kappa shape index (κ2) is 8.24. The van der Waals surface area contributed by atoms with E-state index in [9.17, 15) is 9.18 Å². The summed E-state index contributed by atoms with van der Waals surface area (Å²) in [4.78, 5) is 21.0. The third-order valence-corrected chi connectivity index (χ3v) is 4.86. The number of amides is 2. The Kier molecular flexibility index (Phi) is 5.78. The van der Waals surface area contributed by atoms with E-state index in [0.29, 0.717) is 18.7 Å². The highest BCUT2D eigenvalue weighted by atomic mass is 19.1. The summed E-state index contributed by atoms with van der Waals surface area (Å²) >= 11 is 0. The minimum atomic E-state index is -0.435. The summed E-state index contributed by atoms with van der Waals surface area (Å²) in [5, 5.41) is 2.94. The molecule has 1 fully saturated rings. The van der Waals surface area contributed by atoms with Gasteiger partial charge in [-0.25, -0.2) is 14.2 Å². The first kappa shape index (κ1) is 18.9. The molecular formula is C20H25FN4O2. The van der Waals surface area contributed by atoms with Crippen LogP contribution in [-0.4, -0.2) is 49.2 Å². The van der Waals surface area contributed by atoms with Crippen LogP contribution in [0.1, 0.15) is 24.1 Å². The third-order valence-electron chi connectivity index (χ3n) is 4.86. The summed E-state index contributed by atoms with van der Waals surface area (Å²) in [6.07, 6.45) is 1.79. The van der Waals surface area contributed by atoms with Crippen LogP contribution < -0.4 is 15.0 Å². The smallest absolute Gasteiger partial charge is 0.317 e. The van der Waals surface area contributed by atoms with Crippen molar-refractivity contribution in [3.05, 3.63) is 53.5 Å². The SMILES string of the molecule is COc1ccc([C@@H](C)NC(=O)N2CCN(c3ncccc3C)CC2)cc1F. The van der Waals surface area contributed by atoms with Crippen molar-refractivity contribution in [2.24, 2.45) is 0 Å². The van der Waals surface area contributed by atoms with E-state index in [4.69, 9.17) is 4.74 Å². The lowest BCUT2D eigenvalue weighted by atomic mass is 10.1. The molecule has 6 nitrogen and oxygen atoms in total. The Bertz CT molecular complexity index is 806. The number of rotatable bonds is 4. The van der Waals surface area contributed by atoms with Crippen molar-refractivity contribution >= 4 is 11.8 Å². The highest BCUT2D eigenvalue weighted by Gasteiger charge is 2.24. The van der Waals surface area contributed by atoms with E-state index in [1.165, 1.54) is 13.2 Å². The van der Waals surface area contributed by atoms with Crippen molar-refractivity contribution in [3.63, 3.8) is 0 Å². The summed E-state index contributed by atoms with van der Waals surface area (Å²) in [5.41, 5.74) is 1.83. The monoisotopic (exact) mass is 372 g/mol. The molecule has 1 N–H and O–H groups in total. The Morgan fingerprint density at radius 1 is 1.26 bits per heavy atom. The van der Waals surface area contributed by atoms with Gasteiger partial charge in [0.25, 0.3) is 0 Å². The van der Waals surface area contributed by atoms with Gasteiger partial charge in [-0.2, -0.15) is 0 Å². The second-order valence-electron chi connectivity index (χ2n) is 6.68. The van der Waals surface area contributed by atoms with Crippen LogP contribution in [0, 0.1) is 12.7 Å². The summed E-state index contributed by atoms with van der Waals surface area (Å²) in [6, 6.07) is 8.25. The average Bonchev–Trinajstić information content (AvgIpc) is 2.68. The number of nitrogens with one attached hydrogen (secondary N) is 1. The molecule has 0 spiro atoms. The van der Waals surface area contributed by atoms with E-state index in [0.717, 1.165) is 24.5 Å². The summed E-state index contributed by atoms with van der Waals surface area (Å²) < 4.78 is 18.8. The first-order valence-electron chi connectivity index (χ1n) is 9.05. The highest BCUT2D eigenvalue weighted by molar-refractivity contribution is 5.75. The zero-order valence-corrected chi connectivity index (χ0v) is 15.9. The number of pyridine rings is 1. The molecule has 27 heavy (non-hydrogen) atoms. The highest BCUT2D eigenvalue weighted by Crippen LogP contribution is 2.22. The number of hydrogen-bond donors (Lipinski definition) is 1. The van der Waals surface area contributed by atoms with Gasteiger partial charge >= 0.3 is 6.03 Å². The normalized spacial score (nSPS) is 15.4. The first-order valence-corrected chi connectivity index (χ1v) is 9.05. The molecule has 0 aliphatic carbocycles. The maximum absolute atomic E-state index is 13.9. The number of aryl methyl sites for hydroxylation is 1. The number of carbonyl (C=O) groups is 1. The summed E-state index contributed by atoms with van der Waals surface area (Å²) in [5.74, 6) is 0.730. The fourth-order valence-electron chi connectivity index (χ4n) is 3.24. The van der Waals surface area contributed by atoms with Gasteiger partial charge in [-0.05, 0) is 43.2 Å². The van der Waals surface area contributed by atoms with Gasteiger partial charge in [0.2, 0.25) is 0 Å². The molecule has 7 heteroatoms. The van der Waals surface area contributed by atoms with Crippen molar-refractivity contribution in [3.8, 4) is 5.75 Å². The molecule has 144 valence electrons. The predicted octanol–water partition coefficient (Wildman–Crippen LogP) is 3.13. The molecule has 1 atom stereocenters. The quantitative estimate of drug-likeness (QED) is 0.896. The van der Waals surface area contributed by atoms with Gasteiger partial charge in [0.1, 0.15) is 5.82 Å². The zero-order valence-electron chi connectivity index (χ0n) is 15.9. The Morgan fingerprint density at radius 3 is 2.63 bits per heavy atom. The van der Waals surface area contributed by atoms with Crippen molar-refractivity contribution in [1.29, 1.82) is 0 Å². The maximum atomic E-state index is 13.9.